The van der Waals surface area contributed by atoms with Crippen LogP contribution in [0.5, 0.6) is 5.75 Å². The Kier molecular flexibility index (Phi) is 7.80. The molecule has 7 nitrogen and oxygen atoms in total. The Morgan fingerprint density at radius 2 is 1.82 bits per heavy atom. The third-order valence-electron chi connectivity index (χ3n) is 6.47. The summed E-state index contributed by atoms with van der Waals surface area (Å²) in [6, 6.07) is 22.2. The van der Waals surface area contributed by atoms with E-state index in [-0.39, 0.29) is 24.0 Å². The number of rotatable bonds is 11. The van der Waals surface area contributed by atoms with E-state index in [2.05, 4.69) is 38.5 Å². The first-order valence-corrected chi connectivity index (χ1v) is 12.5. The summed E-state index contributed by atoms with van der Waals surface area (Å²) < 4.78 is 24.4. The number of oxazole rings is 1. The molecule has 0 spiro atoms. The van der Waals surface area contributed by atoms with E-state index in [1.54, 1.807) is 19.2 Å². The minimum absolute atomic E-state index is 0.205. The second-order valence-corrected chi connectivity index (χ2v) is 9.07. The van der Waals surface area contributed by atoms with E-state index >= 15 is 0 Å². The molecule has 0 fully saturated rings. The fourth-order valence-electron chi connectivity index (χ4n) is 4.46. The first kappa shape index (κ1) is 25.2. The quantitative estimate of drug-likeness (QED) is 0.245. The van der Waals surface area contributed by atoms with E-state index in [9.17, 15) is 9.18 Å². The highest BCUT2D eigenvalue weighted by Gasteiger charge is 2.17. The lowest BCUT2D eigenvalue weighted by molar-refractivity contribution is 0.0945. The smallest absolute Gasteiger partial charge is 0.273 e. The van der Waals surface area contributed by atoms with Crippen LogP contribution < -0.4 is 10.1 Å². The van der Waals surface area contributed by atoms with Crippen LogP contribution in [-0.4, -0.2) is 34.4 Å². The molecule has 3 aromatic carbocycles. The van der Waals surface area contributed by atoms with Crippen LogP contribution in [0.4, 0.5) is 4.39 Å². The van der Waals surface area contributed by atoms with Crippen molar-refractivity contribution >= 4 is 16.8 Å². The van der Waals surface area contributed by atoms with Gasteiger partial charge in [-0.2, -0.15) is 0 Å². The first-order chi connectivity index (χ1) is 18.6. The summed E-state index contributed by atoms with van der Waals surface area (Å²) in [6.07, 6.45) is 4.25. The van der Waals surface area contributed by atoms with Crippen molar-refractivity contribution in [2.24, 2.45) is 0 Å². The summed E-state index contributed by atoms with van der Waals surface area (Å²) in [5.41, 5.74) is 4.40. The summed E-state index contributed by atoms with van der Waals surface area (Å²) >= 11 is 0. The number of aromatic amines is 1. The van der Waals surface area contributed by atoms with Gasteiger partial charge in [0, 0.05) is 42.3 Å². The molecule has 2 N–H and O–H groups in total. The Hall–Kier alpha value is -4.43. The lowest BCUT2D eigenvalue weighted by Gasteiger charge is -2.22. The molecule has 0 radical (unpaired) electrons. The van der Waals surface area contributed by atoms with Crippen LogP contribution in [0.1, 0.15) is 33.1 Å². The molecule has 38 heavy (non-hydrogen) atoms. The zero-order valence-electron chi connectivity index (χ0n) is 21.1. The van der Waals surface area contributed by atoms with Crippen LogP contribution in [0.2, 0.25) is 0 Å². The Morgan fingerprint density at radius 3 is 2.66 bits per heavy atom. The largest absolute Gasteiger partial charge is 0.496 e. The number of ether oxygens (including phenoxy) is 1. The minimum atomic E-state index is -0.348. The monoisotopic (exact) mass is 512 g/mol. The zero-order chi connectivity index (χ0) is 26.3. The molecule has 5 rings (SSSR count). The molecule has 0 aliphatic carbocycles. The van der Waals surface area contributed by atoms with Crippen LogP contribution >= 0.6 is 0 Å². The fraction of sp³-hybridized carbons (Fsp3) is 0.200. The van der Waals surface area contributed by atoms with Crippen molar-refractivity contribution in [1.82, 2.24) is 20.2 Å². The maximum absolute atomic E-state index is 13.1. The molecule has 0 saturated carbocycles. The lowest BCUT2D eigenvalue weighted by Crippen LogP contribution is -2.26. The maximum atomic E-state index is 13.1. The fourth-order valence-corrected chi connectivity index (χ4v) is 4.46. The number of halogens is 1. The summed E-state index contributed by atoms with van der Waals surface area (Å²) in [5.74, 6) is 0.603. The number of nitrogens with one attached hydrogen (secondary N) is 2. The van der Waals surface area contributed by atoms with E-state index in [1.807, 2.05) is 36.4 Å². The molecule has 2 aromatic heterocycles. The Morgan fingerprint density at radius 1 is 1.03 bits per heavy atom. The van der Waals surface area contributed by atoms with Gasteiger partial charge in [0.25, 0.3) is 5.91 Å². The van der Waals surface area contributed by atoms with Gasteiger partial charge in [-0.15, -0.1) is 0 Å². The highest BCUT2D eigenvalue weighted by atomic mass is 19.1. The number of H-pyrrole nitrogens is 1. The average Bonchev–Trinajstić information content (AvgIpc) is 3.59. The van der Waals surface area contributed by atoms with Gasteiger partial charge in [-0.3, -0.25) is 9.69 Å². The van der Waals surface area contributed by atoms with Crippen LogP contribution in [0.25, 0.3) is 10.9 Å². The average molecular weight is 513 g/mol. The van der Waals surface area contributed by atoms with Crippen molar-refractivity contribution in [3.8, 4) is 5.75 Å². The molecule has 0 atom stereocenters. The number of aromatic nitrogens is 2. The third-order valence-corrected chi connectivity index (χ3v) is 6.47. The molecular weight excluding hydrogens is 483 g/mol. The van der Waals surface area contributed by atoms with E-state index < -0.39 is 0 Å². The number of methoxy groups -OCH3 is 1. The molecular formula is C30H29FN4O3. The van der Waals surface area contributed by atoms with Gasteiger partial charge in [0.1, 0.15) is 17.8 Å². The summed E-state index contributed by atoms with van der Waals surface area (Å²) in [7, 11) is 1.67. The predicted molar refractivity (Wildman–Crippen MR) is 143 cm³/mol. The van der Waals surface area contributed by atoms with Crippen molar-refractivity contribution in [2.45, 2.75) is 26.1 Å². The normalized spacial score (nSPS) is 11.2. The van der Waals surface area contributed by atoms with Crippen molar-refractivity contribution in [3.63, 3.8) is 0 Å². The molecule has 194 valence electrons. The van der Waals surface area contributed by atoms with Crippen molar-refractivity contribution in [3.05, 3.63) is 119 Å². The highest BCUT2D eigenvalue weighted by Crippen LogP contribution is 2.22. The second kappa shape index (κ2) is 11.7. The number of carbonyl (C=O) groups is 1. The van der Waals surface area contributed by atoms with Crippen LogP contribution in [-0.2, 0) is 26.1 Å². The van der Waals surface area contributed by atoms with Gasteiger partial charge < -0.3 is 19.5 Å². The van der Waals surface area contributed by atoms with Crippen molar-refractivity contribution in [1.29, 1.82) is 0 Å². The Labute approximate surface area is 220 Å². The number of hydrogen-bond donors (Lipinski definition) is 2. The number of benzene rings is 3. The van der Waals surface area contributed by atoms with E-state index in [0.29, 0.717) is 19.0 Å². The number of carbonyl (C=O) groups excluding carboxylic acids is 1. The Bertz CT molecular complexity index is 1510. The minimum Gasteiger partial charge on any atom is -0.496 e. The first-order valence-electron chi connectivity index (χ1n) is 12.5. The predicted octanol–water partition coefficient (Wildman–Crippen LogP) is 5.48. The molecule has 1 amide bonds. The van der Waals surface area contributed by atoms with Crippen LogP contribution in [0.15, 0.2) is 89.7 Å². The maximum Gasteiger partial charge on any atom is 0.273 e. The number of hydrogen-bond acceptors (Lipinski definition) is 5. The van der Waals surface area contributed by atoms with Crippen LogP contribution in [0, 0.1) is 5.82 Å². The summed E-state index contributed by atoms with van der Waals surface area (Å²) in [6.45, 7) is 2.06. The third kappa shape index (κ3) is 6.10. The van der Waals surface area contributed by atoms with Gasteiger partial charge in [-0.05, 0) is 41.8 Å². The molecule has 0 unspecified atom stereocenters. The molecule has 0 aliphatic heterocycles. The SMILES string of the molecule is COc1ccccc1CN(CCc1c[nH]c2ccccc12)Cc1nc(C(=O)NCc2ccc(F)cc2)co1. The number of nitrogens with zero attached hydrogens (tertiary/aromatic N) is 2. The molecule has 2 heterocycles. The topological polar surface area (TPSA) is 83.4 Å². The molecule has 0 saturated heterocycles. The Balaban J connectivity index is 1.28. The molecule has 0 bridgehead atoms. The molecule has 0 aliphatic rings. The van der Waals surface area contributed by atoms with Gasteiger partial charge in [-0.25, -0.2) is 9.37 Å². The molecule has 8 heteroatoms. The van der Waals surface area contributed by atoms with Crippen molar-refractivity contribution in [2.75, 3.05) is 13.7 Å². The molecule has 5 aromatic rings. The van der Waals surface area contributed by atoms with Gasteiger partial charge in [-0.1, -0.05) is 48.5 Å². The van der Waals surface area contributed by atoms with Gasteiger partial charge in [0.2, 0.25) is 5.89 Å². The summed E-state index contributed by atoms with van der Waals surface area (Å²) in [4.78, 5) is 22.6. The van der Waals surface area contributed by atoms with Gasteiger partial charge in [0.15, 0.2) is 5.69 Å². The van der Waals surface area contributed by atoms with E-state index in [4.69, 9.17) is 9.15 Å². The van der Waals surface area contributed by atoms with Gasteiger partial charge in [0.05, 0.1) is 13.7 Å². The zero-order valence-corrected chi connectivity index (χ0v) is 21.1. The van der Waals surface area contributed by atoms with E-state index in [1.165, 1.54) is 29.3 Å². The van der Waals surface area contributed by atoms with Crippen molar-refractivity contribution < 1.29 is 18.3 Å². The van der Waals surface area contributed by atoms with E-state index in [0.717, 1.165) is 35.4 Å². The van der Waals surface area contributed by atoms with Crippen LogP contribution in [0.3, 0.4) is 0 Å². The number of fused-ring (bicyclic) bond motifs is 1. The standard InChI is InChI=1S/C30H29FN4O3/c1-37-28-9-5-2-6-23(28)18-35(15-14-22-17-32-26-8-4-3-7-25(22)26)19-29-34-27(20-38-29)30(36)33-16-21-10-12-24(31)13-11-21/h2-13,17,20,32H,14-16,18-19H2,1H3,(H,33,36). The lowest BCUT2D eigenvalue weighted by atomic mass is 10.1. The highest BCUT2D eigenvalue weighted by molar-refractivity contribution is 5.91. The van der Waals surface area contributed by atoms with Gasteiger partial charge >= 0.3 is 0 Å². The number of amides is 1. The second-order valence-electron chi connectivity index (χ2n) is 9.07. The summed E-state index contributed by atoms with van der Waals surface area (Å²) in [5, 5.41) is 4.01. The number of para-hydroxylation sites is 2.